The Labute approximate surface area is 125 Å². The summed E-state index contributed by atoms with van der Waals surface area (Å²) in [6, 6.07) is 3.65. The van der Waals surface area contributed by atoms with Gasteiger partial charge in [-0.05, 0) is 47.8 Å². The summed E-state index contributed by atoms with van der Waals surface area (Å²) in [6.07, 6.45) is 1.98. The predicted molar refractivity (Wildman–Crippen MR) is 76.8 cm³/mol. The SMILES string of the molecule is CC(NC(=O)c1c(F)cccc1Br)C(=O)N1CCCC1. The van der Waals surface area contributed by atoms with Crippen LogP contribution in [-0.4, -0.2) is 35.8 Å². The number of halogens is 2. The van der Waals surface area contributed by atoms with Crippen molar-refractivity contribution in [2.24, 2.45) is 0 Å². The van der Waals surface area contributed by atoms with Crippen LogP contribution >= 0.6 is 15.9 Å². The first kappa shape index (κ1) is 15.0. The minimum absolute atomic E-state index is 0.0754. The number of likely N-dealkylation sites (tertiary alicyclic amines) is 1. The molecule has 0 bridgehead atoms. The van der Waals surface area contributed by atoms with Gasteiger partial charge >= 0.3 is 0 Å². The molecule has 1 aliphatic heterocycles. The molecule has 1 heterocycles. The molecule has 1 unspecified atom stereocenters. The van der Waals surface area contributed by atoms with E-state index in [1.165, 1.54) is 12.1 Å². The maximum Gasteiger partial charge on any atom is 0.256 e. The minimum atomic E-state index is -0.660. The fourth-order valence-corrected chi connectivity index (χ4v) is 2.78. The van der Waals surface area contributed by atoms with Crippen LogP contribution in [0.1, 0.15) is 30.1 Å². The highest BCUT2D eigenvalue weighted by molar-refractivity contribution is 9.10. The van der Waals surface area contributed by atoms with Crippen LogP contribution in [0.15, 0.2) is 22.7 Å². The summed E-state index contributed by atoms with van der Waals surface area (Å²) < 4.78 is 14.0. The summed E-state index contributed by atoms with van der Waals surface area (Å²) >= 11 is 3.14. The molecule has 2 amide bonds. The highest BCUT2D eigenvalue weighted by atomic mass is 79.9. The molecule has 0 radical (unpaired) electrons. The van der Waals surface area contributed by atoms with Gasteiger partial charge in [0, 0.05) is 17.6 Å². The van der Waals surface area contributed by atoms with E-state index >= 15 is 0 Å². The smallest absolute Gasteiger partial charge is 0.256 e. The summed E-state index contributed by atoms with van der Waals surface area (Å²) in [5.41, 5.74) is -0.0754. The molecule has 0 saturated carbocycles. The standard InChI is InChI=1S/C14H16BrFN2O2/c1-9(14(20)18-7-2-3-8-18)17-13(19)12-10(15)5-4-6-11(12)16/h4-6,9H,2-3,7-8H2,1H3,(H,17,19). The lowest BCUT2D eigenvalue weighted by atomic mass is 10.2. The number of amides is 2. The number of hydrogen-bond acceptors (Lipinski definition) is 2. The molecule has 1 aromatic rings. The Morgan fingerprint density at radius 2 is 2.00 bits per heavy atom. The van der Waals surface area contributed by atoms with Gasteiger partial charge in [-0.3, -0.25) is 9.59 Å². The van der Waals surface area contributed by atoms with Crippen LogP contribution in [0.3, 0.4) is 0 Å². The monoisotopic (exact) mass is 342 g/mol. The van der Waals surface area contributed by atoms with Crippen molar-refractivity contribution >= 4 is 27.7 Å². The number of nitrogens with one attached hydrogen (secondary N) is 1. The largest absolute Gasteiger partial charge is 0.341 e. The van der Waals surface area contributed by atoms with Gasteiger partial charge in [-0.25, -0.2) is 4.39 Å². The molecule has 1 atom stereocenters. The van der Waals surface area contributed by atoms with Crippen LogP contribution in [0, 0.1) is 5.82 Å². The first-order valence-electron chi connectivity index (χ1n) is 6.54. The van der Waals surface area contributed by atoms with Gasteiger partial charge in [0.1, 0.15) is 11.9 Å². The summed E-state index contributed by atoms with van der Waals surface area (Å²) in [4.78, 5) is 25.9. The molecule has 1 aliphatic rings. The fourth-order valence-electron chi connectivity index (χ4n) is 2.26. The number of carbonyl (C=O) groups is 2. The summed E-state index contributed by atoms with van der Waals surface area (Å²) in [5, 5.41) is 2.55. The molecule has 0 aromatic heterocycles. The Balaban J connectivity index is 2.05. The lowest BCUT2D eigenvalue weighted by Crippen LogP contribution is -2.46. The molecular weight excluding hydrogens is 327 g/mol. The summed E-state index contributed by atoms with van der Waals surface area (Å²) in [7, 11) is 0. The molecule has 1 aromatic carbocycles. The number of rotatable bonds is 3. The first-order chi connectivity index (χ1) is 9.50. The number of carbonyl (C=O) groups excluding carboxylic acids is 2. The van der Waals surface area contributed by atoms with Gasteiger partial charge in [0.15, 0.2) is 0 Å². The van der Waals surface area contributed by atoms with Gasteiger partial charge in [-0.1, -0.05) is 6.07 Å². The van der Waals surface area contributed by atoms with E-state index in [4.69, 9.17) is 0 Å². The second-order valence-electron chi connectivity index (χ2n) is 4.82. The summed E-state index contributed by atoms with van der Waals surface area (Å²) in [5.74, 6) is -1.32. The molecule has 6 heteroatoms. The molecule has 4 nitrogen and oxygen atoms in total. The second-order valence-corrected chi connectivity index (χ2v) is 5.68. The molecule has 1 N–H and O–H groups in total. The summed E-state index contributed by atoms with van der Waals surface area (Å²) in [6.45, 7) is 3.07. The molecule has 108 valence electrons. The van der Waals surface area contributed by atoms with E-state index in [0.29, 0.717) is 4.47 Å². The van der Waals surface area contributed by atoms with E-state index < -0.39 is 17.8 Å². The molecule has 1 fully saturated rings. The van der Waals surface area contributed by atoms with Crippen LogP contribution in [0.4, 0.5) is 4.39 Å². The molecule has 0 spiro atoms. The molecule has 0 aliphatic carbocycles. The van der Waals surface area contributed by atoms with Crippen LogP contribution in [0.25, 0.3) is 0 Å². The predicted octanol–water partition coefficient (Wildman–Crippen LogP) is 2.33. The number of benzene rings is 1. The molecule has 1 saturated heterocycles. The van der Waals surface area contributed by atoms with E-state index in [1.54, 1.807) is 17.9 Å². The highest BCUT2D eigenvalue weighted by Gasteiger charge is 2.26. The third-order valence-corrected chi connectivity index (χ3v) is 3.99. The third-order valence-electron chi connectivity index (χ3n) is 3.33. The second kappa shape index (κ2) is 6.35. The van der Waals surface area contributed by atoms with Gasteiger partial charge in [0.2, 0.25) is 5.91 Å². The number of nitrogens with zero attached hydrogens (tertiary/aromatic N) is 1. The Kier molecular flexibility index (Phi) is 4.75. The van der Waals surface area contributed by atoms with Crippen molar-refractivity contribution in [2.45, 2.75) is 25.8 Å². The van der Waals surface area contributed by atoms with Crippen molar-refractivity contribution < 1.29 is 14.0 Å². The zero-order chi connectivity index (χ0) is 14.7. The normalized spacial score (nSPS) is 16.1. The van der Waals surface area contributed by atoms with Crippen molar-refractivity contribution in [2.75, 3.05) is 13.1 Å². The quantitative estimate of drug-likeness (QED) is 0.916. The van der Waals surface area contributed by atoms with Gasteiger partial charge in [-0.15, -0.1) is 0 Å². The van der Waals surface area contributed by atoms with Gasteiger partial charge < -0.3 is 10.2 Å². The lowest BCUT2D eigenvalue weighted by molar-refractivity contribution is -0.131. The third kappa shape index (κ3) is 3.17. The van der Waals surface area contributed by atoms with E-state index in [0.717, 1.165) is 25.9 Å². The van der Waals surface area contributed by atoms with Crippen molar-refractivity contribution in [3.63, 3.8) is 0 Å². The first-order valence-corrected chi connectivity index (χ1v) is 7.33. The highest BCUT2D eigenvalue weighted by Crippen LogP contribution is 2.19. The van der Waals surface area contributed by atoms with E-state index in [2.05, 4.69) is 21.2 Å². The van der Waals surface area contributed by atoms with Crippen LogP contribution in [-0.2, 0) is 4.79 Å². The van der Waals surface area contributed by atoms with Crippen molar-refractivity contribution in [3.05, 3.63) is 34.1 Å². The van der Waals surface area contributed by atoms with E-state index in [1.807, 2.05) is 0 Å². The van der Waals surface area contributed by atoms with E-state index in [-0.39, 0.29) is 11.5 Å². The Morgan fingerprint density at radius 1 is 1.35 bits per heavy atom. The fraction of sp³-hybridized carbons (Fsp3) is 0.429. The lowest BCUT2D eigenvalue weighted by Gasteiger charge is -2.21. The average Bonchev–Trinajstić information content (AvgIpc) is 2.91. The van der Waals surface area contributed by atoms with Crippen LogP contribution < -0.4 is 5.32 Å². The maximum atomic E-state index is 13.7. The van der Waals surface area contributed by atoms with Gasteiger partial charge in [-0.2, -0.15) is 0 Å². The average molecular weight is 343 g/mol. The molecule has 20 heavy (non-hydrogen) atoms. The zero-order valence-corrected chi connectivity index (χ0v) is 12.7. The zero-order valence-electron chi connectivity index (χ0n) is 11.2. The molecule has 2 rings (SSSR count). The number of hydrogen-bond donors (Lipinski definition) is 1. The van der Waals surface area contributed by atoms with Gasteiger partial charge in [0.05, 0.1) is 5.56 Å². The van der Waals surface area contributed by atoms with Crippen molar-refractivity contribution in [1.82, 2.24) is 10.2 Å². The molecular formula is C14H16BrFN2O2. The Bertz CT molecular complexity index is 510. The Hall–Kier alpha value is -1.43. The maximum absolute atomic E-state index is 13.7. The van der Waals surface area contributed by atoms with Crippen molar-refractivity contribution in [1.29, 1.82) is 0 Å². The van der Waals surface area contributed by atoms with Gasteiger partial charge in [0.25, 0.3) is 5.91 Å². The Morgan fingerprint density at radius 3 is 2.60 bits per heavy atom. The minimum Gasteiger partial charge on any atom is -0.341 e. The van der Waals surface area contributed by atoms with Crippen LogP contribution in [0.5, 0.6) is 0 Å². The van der Waals surface area contributed by atoms with Crippen molar-refractivity contribution in [3.8, 4) is 0 Å². The van der Waals surface area contributed by atoms with Crippen LogP contribution in [0.2, 0.25) is 0 Å². The van der Waals surface area contributed by atoms with E-state index in [9.17, 15) is 14.0 Å². The topological polar surface area (TPSA) is 49.4 Å².